The average Bonchev–Trinajstić information content (AvgIpc) is 3.27. The van der Waals surface area contributed by atoms with Crippen molar-refractivity contribution in [3.05, 3.63) is 65.5 Å². The highest BCUT2D eigenvalue weighted by atomic mass is 16.5. The van der Waals surface area contributed by atoms with Crippen LogP contribution in [-0.2, 0) is 13.0 Å². The Morgan fingerprint density at radius 2 is 2.08 bits per heavy atom. The lowest BCUT2D eigenvalue weighted by Gasteiger charge is -2.26. The molecule has 4 aromatic rings. The van der Waals surface area contributed by atoms with Gasteiger partial charge < -0.3 is 19.0 Å². The Kier molecular flexibility index (Phi) is 3.28. The molecular weight excluding hydrogens is 328 g/mol. The van der Waals surface area contributed by atoms with Crippen molar-refractivity contribution in [3.63, 3.8) is 0 Å². The SMILES string of the molecule is COc1ccc2[nH]c3c(c2c1)CN(C(=O)c1cc2ccccc2o1)CC3. The summed E-state index contributed by atoms with van der Waals surface area (Å²) in [6, 6.07) is 15.5. The summed E-state index contributed by atoms with van der Waals surface area (Å²) in [5.41, 5.74) is 4.18. The van der Waals surface area contributed by atoms with Crippen molar-refractivity contribution < 1.29 is 13.9 Å². The van der Waals surface area contributed by atoms with Gasteiger partial charge in [-0.25, -0.2) is 0 Å². The predicted molar refractivity (Wildman–Crippen MR) is 99.5 cm³/mol. The first-order chi connectivity index (χ1) is 12.7. The van der Waals surface area contributed by atoms with E-state index in [0.29, 0.717) is 18.8 Å². The Labute approximate surface area is 150 Å². The number of aromatic amines is 1. The number of nitrogens with one attached hydrogen (secondary N) is 1. The molecule has 2 aromatic heterocycles. The Morgan fingerprint density at radius 1 is 1.19 bits per heavy atom. The quantitative estimate of drug-likeness (QED) is 0.594. The molecule has 1 amide bonds. The molecule has 1 aliphatic heterocycles. The largest absolute Gasteiger partial charge is 0.497 e. The van der Waals surface area contributed by atoms with Gasteiger partial charge in [0, 0.05) is 47.1 Å². The number of rotatable bonds is 2. The second-order valence-electron chi connectivity index (χ2n) is 6.62. The third kappa shape index (κ3) is 2.28. The molecule has 1 aliphatic rings. The number of H-pyrrole nitrogens is 1. The summed E-state index contributed by atoms with van der Waals surface area (Å²) in [5, 5.41) is 2.06. The van der Waals surface area contributed by atoms with Crippen LogP contribution in [0.25, 0.3) is 21.9 Å². The van der Waals surface area contributed by atoms with Crippen LogP contribution in [0.1, 0.15) is 21.8 Å². The van der Waals surface area contributed by atoms with Crippen molar-refractivity contribution >= 4 is 27.8 Å². The van der Waals surface area contributed by atoms with E-state index in [0.717, 1.165) is 39.6 Å². The van der Waals surface area contributed by atoms with Gasteiger partial charge in [-0.15, -0.1) is 0 Å². The minimum atomic E-state index is -0.0657. The number of furan rings is 1. The van der Waals surface area contributed by atoms with Crippen LogP contribution in [0.5, 0.6) is 5.75 Å². The van der Waals surface area contributed by atoms with Gasteiger partial charge in [0.25, 0.3) is 5.91 Å². The molecule has 5 nitrogen and oxygen atoms in total. The topological polar surface area (TPSA) is 58.5 Å². The van der Waals surface area contributed by atoms with E-state index < -0.39 is 0 Å². The zero-order chi connectivity index (χ0) is 17.7. The van der Waals surface area contributed by atoms with Crippen molar-refractivity contribution in [1.29, 1.82) is 0 Å². The fourth-order valence-corrected chi connectivity index (χ4v) is 3.74. The van der Waals surface area contributed by atoms with E-state index in [1.807, 2.05) is 53.4 Å². The molecule has 1 N–H and O–H groups in total. The van der Waals surface area contributed by atoms with Gasteiger partial charge in [0.2, 0.25) is 0 Å². The van der Waals surface area contributed by atoms with E-state index >= 15 is 0 Å². The third-order valence-corrected chi connectivity index (χ3v) is 5.11. The Balaban J connectivity index is 1.50. The van der Waals surface area contributed by atoms with Crippen LogP contribution >= 0.6 is 0 Å². The van der Waals surface area contributed by atoms with Crippen LogP contribution in [0, 0.1) is 0 Å². The van der Waals surface area contributed by atoms with Gasteiger partial charge in [0.15, 0.2) is 5.76 Å². The van der Waals surface area contributed by atoms with Crippen molar-refractivity contribution in [1.82, 2.24) is 9.88 Å². The van der Waals surface area contributed by atoms with Crippen molar-refractivity contribution in [3.8, 4) is 5.75 Å². The Hall–Kier alpha value is -3.21. The number of carbonyl (C=O) groups excluding carboxylic acids is 1. The summed E-state index contributed by atoms with van der Waals surface area (Å²) < 4.78 is 11.1. The van der Waals surface area contributed by atoms with Crippen LogP contribution in [0.15, 0.2) is 52.9 Å². The summed E-state index contributed by atoms with van der Waals surface area (Å²) in [6.45, 7) is 1.24. The number of ether oxygens (including phenoxy) is 1. The number of amides is 1. The summed E-state index contributed by atoms with van der Waals surface area (Å²) in [7, 11) is 1.66. The number of carbonyl (C=O) groups is 1. The Morgan fingerprint density at radius 3 is 2.92 bits per heavy atom. The van der Waals surface area contributed by atoms with Crippen LogP contribution in [0.4, 0.5) is 0 Å². The lowest BCUT2D eigenvalue weighted by molar-refractivity contribution is 0.0705. The smallest absolute Gasteiger partial charge is 0.289 e. The molecule has 0 fully saturated rings. The van der Waals surface area contributed by atoms with Gasteiger partial charge in [-0.3, -0.25) is 4.79 Å². The summed E-state index contributed by atoms with van der Waals surface area (Å²) in [5.74, 6) is 1.15. The van der Waals surface area contributed by atoms with Crippen LogP contribution < -0.4 is 4.74 Å². The van der Waals surface area contributed by atoms with Gasteiger partial charge in [-0.2, -0.15) is 0 Å². The molecule has 0 atom stereocenters. The molecule has 0 radical (unpaired) electrons. The van der Waals surface area contributed by atoms with Crippen LogP contribution in [-0.4, -0.2) is 29.4 Å². The minimum Gasteiger partial charge on any atom is -0.497 e. The van der Waals surface area contributed by atoms with Crippen LogP contribution in [0.3, 0.4) is 0 Å². The number of hydrogen-bond donors (Lipinski definition) is 1. The second-order valence-corrected chi connectivity index (χ2v) is 6.62. The second kappa shape index (κ2) is 5.66. The maximum atomic E-state index is 13.0. The highest BCUT2D eigenvalue weighted by Gasteiger charge is 2.26. The van der Waals surface area contributed by atoms with E-state index in [9.17, 15) is 4.79 Å². The highest BCUT2D eigenvalue weighted by Crippen LogP contribution is 2.31. The van der Waals surface area contributed by atoms with Gasteiger partial charge in [0.1, 0.15) is 11.3 Å². The minimum absolute atomic E-state index is 0.0657. The average molecular weight is 346 g/mol. The number of para-hydroxylation sites is 1. The monoisotopic (exact) mass is 346 g/mol. The lowest BCUT2D eigenvalue weighted by Crippen LogP contribution is -2.35. The van der Waals surface area contributed by atoms with E-state index in [2.05, 4.69) is 4.98 Å². The van der Waals surface area contributed by atoms with Gasteiger partial charge in [-0.1, -0.05) is 18.2 Å². The summed E-state index contributed by atoms with van der Waals surface area (Å²) >= 11 is 0. The zero-order valence-electron chi connectivity index (χ0n) is 14.4. The molecule has 0 bridgehead atoms. The number of methoxy groups -OCH3 is 1. The Bertz CT molecular complexity index is 1110. The molecule has 26 heavy (non-hydrogen) atoms. The van der Waals surface area contributed by atoms with Crippen molar-refractivity contribution in [2.45, 2.75) is 13.0 Å². The number of aromatic nitrogens is 1. The van der Waals surface area contributed by atoms with Gasteiger partial charge in [-0.05, 0) is 30.3 Å². The lowest BCUT2D eigenvalue weighted by atomic mass is 10.0. The highest BCUT2D eigenvalue weighted by molar-refractivity contribution is 5.96. The fourth-order valence-electron chi connectivity index (χ4n) is 3.74. The zero-order valence-corrected chi connectivity index (χ0v) is 14.4. The molecular formula is C21H18N2O3. The number of nitrogens with zero attached hydrogens (tertiary/aromatic N) is 1. The normalized spacial score (nSPS) is 14.0. The first-order valence-electron chi connectivity index (χ1n) is 8.68. The third-order valence-electron chi connectivity index (χ3n) is 5.11. The van der Waals surface area contributed by atoms with Gasteiger partial charge in [0.05, 0.1) is 7.11 Å². The fraction of sp³-hybridized carbons (Fsp3) is 0.190. The molecule has 130 valence electrons. The molecule has 5 heteroatoms. The molecule has 0 saturated carbocycles. The summed E-state index contributed by atoms with van der Waals surface area (Å²) in [4.78, 5) is 18.3. The summed E-state index contributed by atoms with van der Waals surface area (Å²) in [6.07, 6.45) is 0.804. The number of fused-ring (bicyclic) bond motifs is 4. The van der Waals surface area contributed by atoms with E-state index in [-0.39, 0.29) is 5.91 Å². The van der Waals surface area contributed by atoms with Crippen molar-refractivity contribution in [2.24, 2.45) is 0 Å². The van der Waals surface area contributed by atoms with Crippen molar-refractivity contribution in [2.75, 3.05) is 13.7 Å². The number of hydrogen-bond acceptors (Lipinski definition) is 3. The number of benzene rings is 2. The molecule has 0 spiro atoms. The first-order valence-corrected chi connectivity index (χ1v) is 8.68. The molecule has 0 aliphatic carbocycles. The van der Waals surface area contributed by atoms with E-state index in [4.69, 9.17) is 9.15 Å². The molecule has 3 heterocycles. The predicted octanol–water partition coefficient (Wildman–Crippen LogP) is 4.12. The van der Waals surface area contributed by atoms with E-state index in [1.54, 1.807) is 7.11 Å². The molecule has 5 rings (SSSR count). The standard InChI is InChI=1S/C21H18N2O3/c1-25-14-6-7-17-15(11-14)16-12-23(9-8-18(16)22-17)21(24)20-10-13-4-2-3-5-19(13)26-20/h2-7,10-11,22H,8-9,12H2,1H3. The molecule has 0 saturated heterocycles. The first kappa shape index (κ1) is 15.1. The van der Waals surface area contributed by atoms with E-state index in [1.165, 1.54) is 5.69 Å². The molecule has 0 unspecified atom stereocenters. The van der Waals surface area contributed by atoms with Gasteiger partial charge >= 0.3 is 0 Å². The maximum absolute atomic E-state index is 13.0. The maximum Gasteiger partial charge on any atom is 0.289 e. The van der Waals surface area contributed by atoms with Crippen LogP contribution in [0.2, 0.25) is 0 Å². The molecule has 2 aromatic carbocycles.